The molecule has 0 saturated carbocycles. The Labute approximate surface area is 165 Å². The minimum absolute atomic E-state index is 0.185. The van der Waals surface area contributed by atoms with Crippen molar-refractivity contribution in [3.05, 3.63) is 45.9 Å². The van der Waals surface area contributed by atoms with Crippen LogP contribution in [-0.2, 0) is 11.2 Å². The highest BCUT2D eigenvalue weighted by atomic mass is 79.9. The molecule has 27 heavy (non-hydrogen) atoms. The number of carbonyl (C=O) groups excluding carboxylic acids is 1. The Kier molecular flexibility index (Phi) is 6.18. The van der Waals surface area contributed by atoms with E-state index in [-0.39, 0.29) is 19.1 Å². The third-order valence-corrected chi connectivity index (χ3v) is 4.33. The molecule has 1 heterocycles. The summed E-state index contributed by atoms with van der Waals surface area (Å²) in [5, 5.41) is 4.00. The van der Waals surface area contributed by atoms with Gasteiger partial charge in [0.25, 0.3) is 0 Å². The van der Waals surface area contributed by atoms with Crippen molar-refractivity contribution in [3.8, 4) is 23.0 Å². The summed E-state index contributed by atoms with van der Waals surface area (Å²) in [6.45, 7) is 2.63. The van der Waals surface area contributed by atoms with Gasteiger partial charge in [0, 0.05) is 0 Å². The summed E-state index contributed by atoms with van der Waals surface area (Å²) in [4.78, 5) is 12.1. The van der Waals surface area contributed by atoms with Crippen LogP contribution >= 0.6 is 15.9 Å². The fraction of sp³-hybridized carbons (Fsp3) is 0.263. The van der Waals surface area contributed by atoms with E-state index in [4.69, 9.17) is 18.9 Å². The third-order valence-electron chi connectivity index (χ3n) is 3.74. The van der Waals surface area contributed by atoms with E-state index in [1.54, 1.807) is 31.5 Å². The van der Waals surface area contributed by atoms with E-state index in [0.717, 1.165) is 15.6 Å². The molecule has 1 aliphatic rings. The maximum absolute atomic E-state index is 12.1. The van der Waals surface area contributed by atoms with Gasteiger partial charge >= 0.3 is 0 Å². The molecule has 0 unspecified atom stereocenters. The second kappa shape index (κ2) is 8.77. The standard InChI is InChI=1S/C19H19BrN2O5/c1-3-25-19-14(20)6-13(8-17(19)24-2)10-21-22-18(23)9-12-4-5-15-16(7-12)27-11-26-15/h4-8,10H,3,9,11H2,1-2H3,(H,22,23)/b21-10-. The molecule has 7 nitrogen and oxygen atoms in total. The van der Waals surface area contributed by atoms with Crippen molar-refractivity contribution in [1.29, 1.82) is 0 Å². The van der Waals surface area contributed by atoms with Gasteiger partial charge in [-0.3, -0.25) is 4.79 Å². The van der Waals surface area contributed by atoms with Crippen LogP contribution in [0.5, 0.6) is 23.0 Å². The first kappa shape index (κ1) is 19.0. The number of hydrazone groups is 1. The number of benzene rings is 2. The number of hydrogen-bond donors (Lipinski definition) is 1. The first-order chi connectivity index (χ1) is 13.1. The first-order valence-corrected chi connectivity index (χ1v) is 9.10. The van der Waals surface area contributed by atoms with Gasteiger partial charge in [0.05, 0.1) is 30.8 Å². The number of hydrogen-bond acceptors (Lipinski definition) is 6. The summed E-state index contributed by atoms with van der Waals surface area (Å²) >= 11 is 3.45. The number of fused-ring (bicyclic) bond motifs is 1. The van der Waals surface area contributed by atoms with Gasteiger partial charge in [-0.25, -0.2) is 5.43 Å². The first-order valence-electron chi connectivity index (χ1n) is 8.31. The molecular weight excluding hydrogens is 416 g/mol. The minimum Gasteiger partial charge on any atom is -0.493 e. The van der Waals surface area contributed by atoms with E-state index >= 15 is 0 Å². The molecule has 0 saturated heterocycles. The zero-order chi connectivity index (χ0) is 19.2. The van der Waals surface area contributed by atoms with E-state index in [9.17, 15) is 4.79 Å². The number of methoxy groups -OCH3 is 1. The molecule has 0 aliphatic carbocycles. The van der Waals surface area contributed by atoms with Crippen LogP contribution in [0.1, 0.15) is 18.1 Å². The Morgan fingerprint density at radius 1 is 1.30 bits per heavy atom. The molecule has 0 radical (unpaired) electrons. The second-order valence-corrected chi connectivity index (χ2v) is 6.48. The van der Waals surface area contributed by atoms with Crippen LogP contribution in [0.2, 0.25) is 0 Å². The topological polar surface area (TPSA) is 78.4 Å². The largest absolute Gasteiger partial charge is 0.493 e. The Bertz CT molecular complexity index is 869. The Morgan fingerprint density at radius 2 is 2.11 bits per heavy atom. The van der Waals surface area contributed by atoms with Crippen molar-refractivity contribution in [1.82, 2.24) is 5.43 Å². The molecule has 8 heteroatoms. The quantitative estimate of drug-likeness (QED) is 0.534. The summed E-state index contributed by atoms with van der Waals surface area (Å²) in [7, 11) is 1.57. The molecule has 0 atom stereocenters. The third kappa shape index (κ3) is 4.71. The number of nitrogens with zero attached hydrogens (tertiary/aromatic N) is 1. The van der Waals surface area contributed by atoms with Crippen LogP contribution in [-0.4, -0.2) is 32.6 Å². The van der Waals surface area contributed by atoms with Gasteiger partial charge in [-0.15, -0.1) is 0 Å². The van der Waals surface area contributed by atoms with Crippen LogP contribution in [0, 0.1) is 0 Å². The van der Waals surface area contributed by atoms with Gasteiger partial charge in [0.2, 0.25) is 12.7 Å². The highest BCUT2D eigenvalue weighted by Gasteiger charge is 2.14. The summed E-state index contributed by atoms with van der Waals surface area (Å²) in [5.74, 6) is 2.31. The number of carbonyl (C=O) groups is 1. The van der Waals surface area contributed by atoms with Crippen molar-refractivity contribution in [2.45, 2.75) is 13.3 Å². The molecule has 1 aliphatic heterocycles. The molecule has 142 valence electrons. The molecular formula is C19H19BrN2O5. The Balaban J connectivity index is 1.61. The monoisotopic (exact) mass is 434 g/mol. The second-order valence-electron chi connectivity index (χ2n) is 5.62. The molecule has 0 bridgehead atoms. The van der Waals surface area contributed by atoms with Crippen molar-refractivity contribution >= 4 is 28.1 Å². The van der Waals surface area contributed by atoms with Crippen molar-refractivity contribution in [2.24, 2.45) is 5.10 Å². The van der Waals surface area contributed by atoms with Crippen molar-refractivity contribution in [2.75, 3.05) is 20.5 Å². The highest BCUT2D eigenvalue weighted by Crippen LogP contribution is 2.36. The lowest BCUT2D eigenvalue weighted by Gasteiger charge is -2.11. The summed E-state index contributed by atoms with van der Waals surface area (Å²) in [6, 6.07) is 9.02. The molecule has 0 spiro atoms. The Morgan fingerprint density at radius 3 is 2.89 bits per heavy atom. The van der Waals surface area contributed by atoms with E-state index in [1.807, 2.05) is 19.1 Å². The lowest BCUT2D eigenvalue weighted by atomic mass is 10.1. The highest BCUT2D eigenvalue weighted by molar-refractivity contribution is 9.10. The van der Waals surface area contributed by atoms with Gasteiger partial charge in [0.1, 0.15) is 0 Å². The van der Waals surface area contributed by atoms with Gasteiger partial charge in [-0.1, -0.05) is 6.07 Å². The van der Waals surface area contributed by atoms with Gasteiger partial charge < -0.3 is 18.9 Å². The lowest BCUT2D eigenvalue weighted by Crippen LogP contribution is -2.19. The molecule has 0 aromatic heterocycles. The fourth-order valence-electron chi connectivity index (χ4n) is 2.55. The molecule has 2 aromatic carbocycles. The summed E-state index contributed by atoms with van der Waals surface area (Å²) in [5.41, 5.74) is 4.09. The van der Waals surface area contributed by atoms with Crippen molar-refractivity contribution < 1.29 is 23.7 Å². The van der Waals surface area contributed by atoms with E-state index in [2.05, 4.69) is 26.5 Å². The number of ether oxygens (including phenoxy) is 4. The van der Waals surface area contributed by atoms with Crippen LogP contribution in [0.25, 0.3) is 0 Å². The molecule has 0 fully saturated rings. The van der Waals surface area contributed by atoms with Crippen LogP contribution in [0.3, 0.4) is 0 Å². The zero-order valence-corrected chi connectivity index (χ0v) is 16.5. The molecule has 1 N–H and O–H groups in total. The molecule has 1 amide bonds. The lowest BCUT2D eigenvalue weighted by molar-refractivity contribution is -0.120. The summed E-state index contributed by atoms with van der Waals surface area (Å²) in [6.07, 6.45) is 1.73. The number of halogens is 1. The predicted octanol–water partition coefficient (Wildman–Crippen LogP) is 3.28. The zero-order valence-electron chi connectivity index (χ0n) is 15.0. The summed E-state index contributed by atoms with van der Waals surface area (Å²) < 4.78 is 22.2. The molecule has 3 rings (SSSR count). The predicted molar refractivity (Wildman–Crippen MR) is 104 cm³/mol. The van der Waals surface area contributed by atoms with Crippen molar-refractivity contribution in [3.63, 3.8) is 0 Å². The van der Waals surface area contributed by atoms with Gasteiger partial charge in [0.15, 0.2) is 23.0 Å². The average Bonchev–Trinajstić information content (AvgIpc) is 3.11. The smallest absolute Gasteiger partial charge is 0.244 e. The minimum atomic E-state index is -0.234. The molecule has 2 aromatic rings. The fourth-order valence-corrected chi connectivity index (χ4v) is 3.13. The van der Waals surface area contributed by atoms with E-state index in [1.165, 1.54) is 0 Å². The van der Waals surface area contributed by atoms with Crippen LogP contribution in [0.15, 0.2) is 39.9 Å². The van der Waals surface area contributed by atoms with Gasteiger partial charge in [-0.2, -0.15) is 5.10 Å². The number of rotatable bonds is 7. The number of amides is 1. The maximum atomic E-state index is 12.1. The SMILES string of the molecule is CCOc1c(Br)cc(/C=N\NC(=O)Cc2ccc3c(c2)OCO3)cc1OC. The number of nitrogens with one attached hydrogen (secondary N) is 1. The van der Waals surface area contributed by atoms with Gasteiger partial charge in [-0.05, 0) is 58.2 Å². The maximum Gasteiger partial charge on any atom is 0.244 e. The average molecular weight is 435 g/mol. The normalized spacial score (nSPS) is 12.3. The van der Waals surface area contributed by atoms with Crippen LogP contribution < -0.4 is 24.4 Å². The van der Waals surface area contributed by atoms with E-state index < -0.39 is 0 Å². The van der Waals surface area contributed by atoms with Crippen LogP contribution in [0.4, 0.5) is 0 Å². The van der Waals surface area contributed by atoms with E-state index in [0.29, 0.717) is 29.6 Å². The Hall–Kier alpha value is -2.74.